The van der Waals surface area contributed by atoms with Crippen molar-refractivity contribution in [3.63, 3.8) is 0 Å². The van der Waals surface area contributed by atoms with Crippen molar-refractivity contribution in [3.8, 4) is 0 Å². The number of likely N-dealkylation sites (N-methyl/N-ethyl adjacent to an activating group) is 1. The van der Waals surface area contributed by atoms with Crippen molar-refractivity contribution < 1.29 is 9.59 Å². The Kier molecular flexibility index (Phi) is 4.35. The highest BCUT2D eigenvalue weighted by Gasteiger charge is 2.27. The van der Waals surface area contributed by atoms with Crippen LogP contribution in [-0.2, 0) is 4.79 Å². The third-order valence-electron chi connectivity index (χ3n) is 3.95. The first kappa shape index (κ1) is 13.8. The van der Waals surface area contributed by atoms with Crippen LogP contribution in [-0.4, -0.2) is 29.7 Å². The van der Waals surface area contributed by atoms with E-state index in [2.05, 4.69) is 0 Å². The zero-order chi connectivity index (χ0) is 13.8. The monoisotopic (exact) mass is 259 g/mol. The van der Waals surface area contributed by atoms with Crippen molar-refractivity contribution in [1.82, 2.24) is 4.90 Å². The second-order valence-corrected chi connectivity index (χ2v) is 5.40. The number of nitrogens with zero attached hydrogens (tertiary/aromatic N) is 1. The van der Waals surface area contributed by atoms with Crippen molar-refractivity contribution >= 4 is 11.7 Å². The number of carbonyl (C=O) groups excluding carboxylic acids is 2. The Bertz CT molecular complexity index is 458. The molecule has 0 aromatic heterocycles. The number of benzene rings is 1. The lowest BCUT2D eigenvalue weighted by atomic mass is 9.94. The van der Waals surface area contributed by atoms with E-state index in [1.807, 2.05) is 19.1 Å². The molecule has 3 heteroatoms. The summed E-state index contributed by atoms with van der Waals surface area (Å²) in [7, 11) is 1.75. The van der Waals surface area contributed by atoms with Gasteiger partial charge in [0.1, 0.15) is 0 Å². The average Bonchev–Trinajstić information content (AvgIpc) is 2.46. The van der Waals surface area contributed by atoms with Crippen LogP contribution in [0, 0.1) is 6.92 Å². The molecule has 0 spiro atoms. The summed E-state index contributed by atoms with van der Waals surface area (Å²) in [6, 6.07) is 7.41. The van der Waals surface area contributed by atoms with E-state index in [4.69, 9.17) is 0 Å². The van der Waals surface area contributed by atoms with Crippen LogP contribution < -0.4 is 0 Å². The number of rotatable bonds is 3. The first-order valence-corrected chi connectivity index (χ1v) is 6.98. The largest absolute Gasteiger partial charge is 0.336 e. The smallest absolute Gasteiger partial charge is 0.294 e. The fourth-order valence-electron chi connectivity index (χ4n) is 2.62. The molecular formula is C16H21NO2. The number of ketones is 1. The van der Waals surface area contributed by atoms with Gasteiger partial charge in [-0.2, -0.15) is 0 Å². The van der Waals surface area contributed by atoms with Crippen LogP contribution in [0.15, 0.2) is 24.3 Å². The number of hydrogen-bond donors (Lipinski definition) is 0. The minimum Gasteiger partial charge on any atom is -0.336 e. The van der Waals surface area contributed by atoms with Crippen LogP contribution in [0.25, 0.3) is 0 Å². The number of hydrogen-bond acceptors (Lipinski definition) is 2. The first-order valence-electron chi connectivity index (χ1n) is 6.98. The van der Waals surface area contributed by atoms with E-state index >= 15 is 0 Å². The predicted molar refractivity (Wildman–Crippen MR) is 75.2 cm³/mol. The molecule has 19 heavy (non-hydrogen) atoms. The topological polar surface area (TPSA) is 37.4 Å². The van der Waals surface area contributed by atoms with Crippen LogP contribution >= 0.6 is 0 Å². The van der Waals surface area contributed by atoms with Crippen LogP contribution in [0.3, 0.4) is 0 Å². The van der Waals surface area contributed by atoms with E-state index in [1.54, 1.807) is 24.1 Å². The van der Waals surface area contributed by atoms with Crippen molar-refractivity contribution in [2.24, 2.45) is 0 Å². The quantitative estimate of drug-likeness (QED) is 0.618. The Labute approximate surface area is 114 Å². The molecule has 1 aromatic carbocycles. The van der Waals surface area contributed by atoms with Crippen LogP contribution in [0.5, 0.6) is 0 Å². The highest BCUT2D eigenvalue weighted by molar-refractivity contribution is 6.42. The lowest BCUT2D eigenvalue weighted by molar-refractivity contribution is -0.127. The van der Waals surface area contributed by atoms with Gasteiger partial charge in [0.2, 0.25) is 5.78 Å². The summed E-state index contributed by atoms with van der Waals surface area (Å²) in [5.41, 5.74) is 1.57. The highest BCUT2D eigenvalue weighted by atomic mass is 16.2. The zero-order valence-electron chi connectivity index (χ0n) is 11.7. The van der Waals surface area contributed by atoms with Crippen molar-refractivity contribution in [3.05, 3.63) is 35.4 Å². The number of Topliss-reactive ketones (excluding diaryl/α,β-unsaturated/α-hetero) is 1. The van der Waals surface area contributed by atoms with Gasteiger partial charge in [0, 0.05) is 18.7 Å². The van der Waals surface area contributed by atoms with Crippen molar-refractivity contribution in [1.29, 1.82) is 0 Å². The van der Waals surface area contributed by atoms with Gasteiger partial charge in [-0.1, -0.05) is 49.1 Å². The third-order valence-corrected chi connectivity index (χ3v) is 3.95. The molecule has 0 N–H and O–H groups in total. The molecule has 0 saturated heterocycles. The summed E-state index contributed by atoms with van der Waals surface area (Å²) in [6.07, 6.45) is 5.58. The Morgan fingerprint density at radius 1 is 1.05 bits per heavy atom. The standard InChI is InChI=1S/C16H21NO2/c1-12-8-10-13(11-9-12)15(18)16(19)17(2)14-6-4-3-5-7-14/h8-11,14H,3-7H2,1-2H3. The zero-order valence-corrected chi connectivity index (χ0v) is 11.7. The summed E-state index contributed by atoms with van der Waals surface area (Å²) in [4.78, 5) is 26.0. The Balaban J connectivity index is 2.05. The molecule has 0 heterocycles. The lowest BCUT2D eigenvalue weighted by Crippen LogP contribution is -2.42. The fraction of sp³-hybridized carbons (Fsp3) is 0.500. The molecule has 102 valence electrons. The molecule has 1 saturated carbocycles. The van der Waals surface area contributed by atoms with E-state index in [-0.39, 0.29) is 11.9 Å². The number of aryl methyl sites for hydroxylation is 1. The van der Waals surface area contributed by atoms with E-state index in [0.29, 0.717) is 5.56 Å². The normalized spacial score (nSPS) is 16.1. The molecule has 0 aliphatic heterocycles. The maximum Gasteiger partial charge on any atom is 0.294 e. The second kappa shape index (κ2) is 6.00. The van der Waals surface area contributed by atoms with E-state index < -0.39 is 5.78 Å². The molecule has 1 aliphatic carbocycles. The van der Waals surface area contributed by atoms with Gasteiger partial charge >= 0.3 is 0 Å². The van der Waals surface area contributed by atoms with Gasteiger partial charge in [-0.25, -0.2) is 0 Å². The van der Waals surface area contributed by atoms with E-state index in [1.165, 1.54) is 6.42 Å². The maximum absolute atomic E-state index is 12.2. The number of carbonyl (C=O) groups is 2. The molecule has 1 aromatic rings. The van der Waals surface area contributed by atoms with Crippen LogP contribution in [0.4, 0.5) is 0 Å². The SMILES string of the molecule is Cc1ccc(C(=O)C(=O)N(C)C2CCCCC2)cc1. The molecule has 2 rings (SSSR count). The molecule has 0 unspecified atom stereocenters. The maximum atomic E-state index is 12.2. The minimum absolute atomic E-state index is 0.232. The molecular weight excluding hydrogens is 238 g/mol. The molecule has 0 atom stereocenters. The molecule has 1 fully saturated rings. The molecule has 0 bridgehead atoms. The second-order valence-electron chi connectivity index (χ2n) is 5.40. The summed E-state index contributed by atoms with van der Waals surface area (Å²) in [5, 5.41) is 0. The van der Waals surface area contributed by atoms with Crippen LogP contribution in [0.1, 0.15) is 48.0 Å². The molecule has 1 amide bonds. The Morgan fingerprint density at radius 2 is 1.63 bits per heavy atom. The van der Waals surface area contributed by atoms with Gasteiger partial charge in [-0.05, 0) is 19.8 Å². The van der Waals surface area contributed by atoms with E-state index in [9.17, 15) is 9.59 Å². The van der Waals surface area contributed by atoms with Gasteiger partial charge in [-0.3, -0.25) is 9.59 Å². The van der Waals surface area contributed by atoms with Gasteiger partial charge in [0.05, 0.1) is 0 Å². The van der Waals surface area contributed by atoms with Crippen molar-refractivity contribution in [2.45, 2.75) is 45.1 Å². The first-order chi connectivity index (χ1) is 9.09. The lowest BCUT2D eigenvalue weighted by Gasteiger charge is -2.30. The Hall–Kier alpha value is -1.64. The Morgan fingerprint density at radius 3 is 2.21 bits per heavy atom. The van der Waals surface area contributed by atoms with Gasteiger partial charge in [0.25, 0.3) is 5.91 Å². The molecule has 3 nitrogen and oxygen atoms in total. The summed E-state index contributed by atoms with van der Waals surface area (Å²) in [6.45, 7) is 1.96. The van der Waals surface area contributed by atoms with Crippen molar-refractivity contribution in [2.75, 3.05) is 7.05 Å². The average molecular weight is 259 g/mol. The van der Waals surface area contributed by atoms with Gasteiger partial charge < -0.3 is 4.90 Å². The number of amides is 1. The van der Waals surface area contributed by atoms with Crippen LogP contribution in [0.2, 0.25) is 0 Å². The van der Waals surface area contributed by atoms with E-state index in [0.717, 1.165) is 31.2 Å². The molecule has 1 aliphatic rings. The highest BCUT2D eigenvalue weighted by Crippen LogP contribution is 2.22. The summed E-state index contributed by atoms with van der Waals surface area (Å²) < 4.78 is 0. The van der Waals surface area contributed by atoms with Gasteiger partial charge in [-0.15, -0.1) is 0 Å². The minimum atomic E-state index is -0.395. The fourth-order valence-corrected chi connectivity index (χ4v) is 2.62. The summed E-state index contributed by atoms with van der Waals surface area (Å²) >= 11 is 0. The molecule has 0 radical (unpaired) electrons. The predicted octanol–water partition coefficient (Wildman–Crippen LogP) is 2.97. The summed E-state index contributed by atoms with van der Waals surface area (Å²) in [5.74, 6) is -0.774. The third kappa shape index (κ3) is 3.22. The van der Waals surface area contributed by atoms with Gasteiger partial charge in [0.15, 0.2) is 0 Å².